The summed E-state index contributed by atoms with van der Waals surface area (Å²) in [5.41, 5.74) is 6.54. The highest BCUT2D eigenvalue weighted by Gasteiger charge is 2.18. The quantitative estimate of drug-likeness (QED) is 0.210. The van der Waals surface area contributed by atoms with E-state index in [2.05, 4.69) is 15.1 Å². The third-order valence-electron chi connectivity index (χ3n) is 4.09. The van der Waals surface area contributed by atoms with Gasteiger partial charge in [-0.3, -0.25) is 0 Å². The van der Waals surface area contributed by atoms with Crippen molar-refractivity contribution in [2.45, 2.75) is 4.90 Å². The smallest absolute Gasteiger partial charge is 0.355 e. The first-order chi connectivity index (χ1) is 15.7. The summed E-state index contributed by atoms with van der Waals surface area (Å²) in [4.78, 5) is 20.9. The number of para-hydroxylation sites is 1. The molecule has 0 atom stereocenters. The molecule has 172 valence electrons. The Balaban J connectivity index is 2.05. The van der Waals surface area contributed by atoms with Crippen LogP contribution in [0.15, 0.2) is 74.7 Å². The molecule has 0 aliphatic carbocycles. The Morgan fingerprint density at radius 3 is 2.73 bits per heavy atom. The molecular formula is C21H19ClN4O5S2. The van der Waals surface area contributed by atoms with E-state index < -0.39 is 15.8 Å². The molecule has 1 aromatic heterocycles. The Morgan fingerprint density at radius 2 is 2.03 bits per heavy atom. The fourth-order valence-electron chi connectivity index (χ4n) is 2.53. The Kier molecular flexibility index (Phi) is 7.90. The summed E-state index contributed by atoms with van der Waals surface area (Å²) in [5, 5.41) is 4.28. The van der Waals surface area contributed by atoms with E-state index in [1.54, 1.807) is 42.7 Å². The lowest BCUT2D eigenvalue weighted by molar-refractivity contribution is -0.136. The highest BCUT2D eigenvalue weighted by molar-refractivity contribution is 7.98. The van der Waals surface area contributed by atoms with Crippen LogP contribution in [0.1, 0.15) is 5.82 Å². The third-order valence-corrected chi connectivity index (χ3v) is 5.88. The van der Waals surface area contributed by atoms with Crippen molar-refractivity contribution >= 4 is 50.6 Å². The van der Waals surface area contributed by atoms with E-state index in [4.69, 9.17) is 26.6 Å². The van der Waals surface area contributed by atoms with Crippen molar-refractivity contribution in [3.05, 3.63) is 71.2 Å². The Morgan fingerprint density at radius 1 is 1.27 bits per heavy atom. The number of halogens is 1. The van der Waals surface area contributed by atoms with Gasteiger partial charge in [0.2, 0.25) is 5.82 Å². The van der Waals surface area contributed by atoms with Gasteiger partial charge in [-0.25, -0.2) is 18.2 Å². The molecule has 2 N–H and O–H groups in total. The highest BCUT2D eigenvalue weighted by atomic mass is 35.5. The third kappa shape index (κ3) is 6.44. The van der Waals surface area contributed by atoms with Crippen LogP contribution in [0.2, 0.25) is 5.02 Å². The van der Waals surface area contributed by atoms with Crippen molar-refractivity contribution in [1.82, 2.24) is 10.1 Å². The Labute approximate surface area is 199 Å². The van der Waals surface area contributed by atoms with Gasteiger partial charge >= 0.3 is 5.97 Å². The van der Waals surface area contributed by atoms with Crippen molar-refractivity contribution in [2.24, 2.45) is 10.7 Å². The van der Waals surface area contributed by atoms with Crippen LogP contribution in [0, 0.1) is 0 Å². The molecule has 12 heteroatoms. The van der Waals surface area contributed by atoms with Crippen LogP contribution in [0.4, 0.5) is 5.69 Å². The minimum Gasteiger partial charge on any atom is -0.450 e. The number of carbonyl (C=O) groups is 1. The van der Waals surface area contributed by atoms with Gasteiger partial charge in [0, 0.05) is 11.8 Å². The molecule has 2 aromatic carbocycles. The molecule has 0 saturated heterocycles. The van der Waals surface area contributed by atoms with Crippen molar-refractivity contribution < 1.29 is 22.5 Å². The fraction of sp³-hybridized carbons (Fsp3) is 0.143. The normalized spacial score (nSPS) is 12.6. The largest absolute Gasteiger partial charge is 0.450 e. The Bertz CT molecular complexity index is 1340. The highest BCUT2D eigenvalue weighted by Crippen LogP contribution is 2.26. The van der Waals surface area contributed by atoms with E-state index in [9.17, 15) is 13.2 Å². The molecule has 3 rings (SSSR count). The zero-order valence-electron chi connectivity index (χ0n) is 17.6. The molecule has 0 aliphatic rings. The molecule has 0 bridgehead atoms. The predicted molar refractivity (Wildman–Crippen MR) is 127 cm³/mol. The van der Waals surface area contributed by atoms with Gasteiger partial charge in [-0.15, -0.1) is 11.8 Å². The van der Waals surface area contributed by atoms with E-state index in [1.165, 1.54) is 30.0 Å². The number of nitrogens with zero attached hydrogens (tertiary/aromatic N) is 3. The van der Waals surface area contributed by atoms with E-state index in [0.717, 1.165) is 6.26 Å². The first-order valence-electron chi connectivity index (χ1n) is 9.30. The number of thioether (sulfide) groups is 1. The lowest BCUT2D eigenvalue weighted by atomic mass is 10.2. The number of hydrogen-bond donors (Lipinski definition) is 1. The van der Waals surface area contributed by atoms with Gasteiger partial charge in [0.1, 0.15) is 17.3 Å². The van der Waals surface area contributed by atoms with Gasteiger partial charge in [-0.1, -0.05) is 35.0 Å². The van der Waals surface area contributed by atoms with Crippen molar-refractivity contribution in [3.8, 4) is 11.5 Å². The van der Waals surface area contributed by atoms with Gasteiger partial charge in [0.15, 0.2) is 9.84 Å². The number of ether oxygens (including phenoxy) is 1. The van der Waals surface area contributed by atoms with Crippen molar-refractivity contribution in [1.29, 1.82) is 0 Å². The standard InChI is InChI=1S/C21H19ClN4O5S2/c1-32-12-30-21(27)16(23)11-18(24-17-9-4-3-8-15(17)22)19-25-20(31-26-19)13-6-5-7-14(10-13)33(2,28)29/h3-11H,12,23H2,1-2H3/b16-11-,24-18?. The van der Waals surface area contributed by atoms with Crippen LogP contribution in [-0.4, -0.2) is 48.7 Å². The zero-order valence-corrected chi connectivity index (χ0v) is 19.9. The van der Waals surface area contributed by atoms with Crippen molar-refractivity contribution in [2.75, 3.05) is 18.5 Å². The molecular weight excluding hydrogens is 488 g/mol. The zero-order chi connectivity index (χ0) is 24.0. The minimum absolute atomic E-state index is 0.00953. The van der Waals surface area contributed by atoms with Gasteiger partial charge in [0.25, 0.3) is 5.89 Å². The summed E-state index contributed by atoms with van der Waals surface area (Å²) in [6.07, 6.45) is 4.13. The maximum atomic E-state index is 12.1. The number of carbonyl (C=O) groups excluding carboxylic acids is 1. The number of benzene rings is 2. The van der Waals surface area contributed by atoms with Crippen LogP contribution in [0.3, 0.4) is 0 Å². The molecule has 0 spiro atoms. The second kappa shape index (κ2) is 10.6. The molecule has 1 heterocycles. The summed E-state index contributed by atoms with van der Waals surface area (Å²) in [5.74, 6) is -0.539. The number of hydrogen-bond acceptors (Lipinski definition) is 10. The molecule has 0 aliphatic heterocycles. The first-order valence-corrected chi connectivity index (χ1v) is 13.0. The number of aromatic nitrogens is 2. The average molecular weight is 507 g/mol. The van der Waals surface area contributed by atoms with Crippen LogP contribution < -0.4 is 5.73 Å². The number of aliphatic imine (C=N–C) groups is 1. The minimum atomic E-state index is -3.43. The number of nitrogens with two attached hydrogens (primary N) is 1. The second-order valence-electron chi connectivity index (χ2n) is 6.61. The number of rotatable bonds is 8. The molecule has 0 unspecified atom stereocenters. The Hall–Kier alpha value is -3.15. The predicted octanol–water partition coefficient (Wildman–Crippen LogP) is 3.62. The fourth-order valence-corrected chi connectivity index (χ4v) is 3.60. The van der Waals surface area contributed by atoms with E-state index in [0.29, 0.717) is 16.3 Å². The maximum Gasteiger partial charge on any atom is 0.355 e. The molecule has 0 saturated carbocycles. The van der Waals surface area contributed by atoms with Crippen LogP contribution in [0.5, 0.6) is 0 Å². The number of esters is 1. The van der Waals surface area contributed by atoms with Crippen LogP contribution in [0.25, 0.3) is 11.5 Å². The first kappa shape index (κ1) is 24.5. The SMILES string of the molecule is CSCOC(=O)/C(N)=C/C(=Nc1ccccc1Cl)c1noc(-c2cccc(S(C)(=O)=O)c2)n1. The summed E-state index contributed by atoms with van der Waals surface area (Å²) in [6, 6.07) is 12.9. The van der Waals surface area contributed by atoms with E-state index in [1.807, 2.05) is 0 Å². The molecule has 0 fully saturated rings. The maximum absolute atomic E-state index is 12.1. The van der Waals surface area contributed by atoms with Gasteiger partial charge in [-0.2, -0.15) is 4.98 Å². The van der Waals surface area contributed by atoms with Gasteiger partial charge in [0.05, 0.1) is 15.6 Å². The van der Waals surface area contributed by atoms with Crippen molar-refractivity contribution in [3.63, 3.8) is 0 Å². The monoisotopic (exact) mass is 506 g/mol. The lowest BCUT2D eigenvalue weighted by Crippen LogP contribution is -2.17. The number of sulfone groups is 1. The lowest BCUT2D eigenvalue weighted by Gasteiger charge is -2.04. The number of allylic oxidation sites excluding steroid dienone is 1. The molecule has 0 amide bonds. The summed E-state index contributed by atoms with van der Waals surface area (Å²) in [6.45, 7) is 0. The van der Waals surface area contributed by atoms with E-state index in [-0.39, 0.29) is 34.0 Å². The van der Waals surface area contributed by atoms with Gasteiger partial charge in [-0.05, 0) is 42.7 Å². The van der Waals surface area contributed by atoms with Gasteiger partial charge < -0.3 is 15.0 Å². The molecule has 33 heavy (non-hydrogen) atoms. The van der Waals surface area contributed by atoms with Crippen LogP contribution in [-0.2, 0) is 19.4 Å². The van der Waals surface area contributed by atoms with E-state index >= 15 is 0 Å². The molecule has 3 aromatic rings. The summed E-state index contributed by atoms with van der Waals surface area (Å²) >= 11 is 7.53. The molecule has 0 radical (unpaired) electrons. The summed E-state index contributed by atoms with van der Waals surface area (Å²) in [7, 11) is -3.43. The average Bonchev–Trinajstić information content (AvgIpc) is 3.28. The topological polar surface area (TPSA) is 138 Å². The van der Waals surface area contributed by atoms with Crippen LogP contribution >= 0.6 is 23.4 Å². The molecule has 9 nitrogen and oxygen atoms in total. The second-order valence-corrected chi connectivity index (χ2v) is 9.85. The summed E-state index contributed by atoms with van der Waals surface area (Å²) < 4.78 is 34.0.